The molecule has 1 aliphatic heterocycles. The first-order chi connectivity index (χ1) is 16.1. The van der Waals surface area contributed by atoms with Gasteiger partial charge in [-0.2, -0.15) is 0 Å². The number of nitrogens with two attached hydrogens (primary N) is 2. The van der Waals surface area contributed by atoms with Crippen molar-refractivity contribution in [2.24, 2.45) is 11.5 Å². The number of aromatic hydroxyl groups is 1. The molecule has 0 radical (unpaired) electrons. The zero-order valence-electron chi connectivity index (χ0n) is 19.4. The molecule has 8 N–H and O–H groups in total. The number of phenols is 1. The predicted octanol–water partition coefficient (Wildman–Crippen LogP) is -0.544. The fourth-order valence-corrected chi connectivity index (χ4v) is 3.93. The number of hydrogen-bond acceptors (Lipinski definition) is 7. The number of amides is 3. The van der Waals surface area contributed by atoms with Crippen LogP contribution in [0.15, 0.2) is 24.3 Å². The van der Waals surface area contributed by atoms with Crippen molar-refractivity contribution in [3.63, 3.8) is 0 Å². The van der Waals surface area contributed by atoms with E-state index in [0.29, 0.717) is 45.2 Å². The Kier molecular flexibility index (Phi) is 10.3. The number of nitrogens with zero attached hydrogens (tertiary/aromatic N) is 1. The van der Waals surface area contributed by atoms with E-state index in [0.717, 1.165) is 5.56 Å². The molecule has 4 unspecified atom stereocenters. The average molecular weight is 478 g/mol. The van der Waals surface area contributed by atoms with E-state index in [-0.39, 0.29) is 12.2 Å². The maximum absolute atomic E-state index is 12.9. The summed E-state index contributed by atoms with van der Waals surface area (Å²) in [5.41, 5.74) is 12.3. The van der Waals surface area contributed by atoms with E-state index in [1.807, 2.05) is 0 Å². The van der Waals surface area contributed by atoms with Gasteiger partial charge in [-0.1, -0.05) is 12.1 Å². The van der Waals surface area contributed by atoms with Gasteiger partial charge in [0.15, 0.2) is 0 Å². The third-order valence-corrected chi connectivity index (χ3v) is 5.86. The van der Waals surface area contributed by atoms with E-state index < -0.39 is 47.9 Å². The number of hydrogen-bond donors (Lipinski definition) is 6. The second-order valence-electron chi connectivity index (χ2n) is 8.58. The zero-order chi connectivity index (χ0) is 25.3. The largest absolute Gasteiger partial charge is 0.508 e. The summed E-state index contributed by atoms with van der Waals surface area (Å²) >= 11 is 0. The summed E-state index contributed by atoms with van der Waals surface area (Å²) in [7, 11) is 0. The summed E-state index contributed by atoms with van der Waals surface area (Å²) in [5, 5.41) is 24.0. The highest BCUT2D eigenvalue weighted by molar-refractivity contribution is 5.94. The molecule has 11 nitrogen and oxygen atoms in total. The van der Waals surface area contributed by atoms with Crippen molar-refractivity contribution in [2.75, 3.05) is 13.1 Å². The summed E-state index contributed by atoms with van der Waals surface area (Å²) in [5.74, 6) is -2.52. The molecule has 188 valence electrons. The normalized spacial score (nSPS) is 18.1. The Labute approximate surface area is 198 Å². The van der Waals surface area contributed by atoms with Gasteiger partial charge in [-0.3, -0.25) is 14.4 Å². The number of aliphatic carboxylic acids is 1. The van der Waals surface area contributed by atoms with Crippen LogP contribution in [0.1, 0.15) is 44.6 Å². The average Bonchev–Trinajstić information content (AvgIpc) is 3.29. The van der Waals surface area contributed by atoms with Crippen LogP contribution in [-0.2, 0) is 25.6 Å². The van der Waals surface area contributed by atoms with Crippen molar-refractivity contribution in [2.45, 2.75) is 69.6 Å². The summed E-state index contributed by atoms with van der Waals surface area (Å²) in [6, 6.07) is 2.61. The van der Waals surface area contributed by atoms with Crippen LogP contribution in [0.25, 0.3) is 0 Å². The van der Waals surface area contributed by atoms with E-state index in [9.17, 15) is 29.4 Å². The molecule has 34 heavy (non-hydrogen) atoms. The number of carbonyl (C=O) groups excluding carboxylic acids is 3. The number of unbranched alkanes of at least 4 members (excludes halogenated alkanes) is 1. The second-order valence-corrected chi connectivity index (χ2v) is 8.58. The van der Waals surface area contributed by atoms with Crippen LogP contribution in [0.5, 0.6) is 5.75 Å². The number of likely N-dealkylation sites (tertiary alicyclic amines) is 1. The topological polar surface area (TPSA) is 188 Å². The number of carbonyl (C=O) groups is 4. The second kappa shape index (κ2) is 12.9. The van der Waals surface area contributed by atoms with Gasteiger partial charge >= 0.3 is 5.97 Å². The third kappa shape index (κ3) is 7.70. The minimum absolute atomic E-state index is 0.102. The van der Waals surface area contributed by atoms with Gasteiger partial charge in [0.1, 0.15) is 23.9 Å². The summed E-state index contributed by atoms with van der Waals surface area (Å²) in [6.45, 7) is 2.24. The lowest BCUT2D eigenvalue weighted by atomic mass is 10.0. The lowest BCUT2D eigenvalue weighted by Gasteiger charge is -2.27. The van der Waals surface area contributed by atoms with Crippen LogP contribution in [-0.4, -0.2) is 76.1 Å². The molecule has 4 atom stereocenters. The highest BCUT2D eigenvalue weighted by Crippen LogP contribution is 2.18. The molecule has 1 aliphatic rings. The lowest BCUT2D eigenvalue weighted by molar-refractivity contribution is -0.149. The quantitative estimate of drug-likeness (QED) is 0.216. The Hall–Kier alpha value is -3.18. The van der Waals surface area contributed by atoms with Gasteiger partial charge in [0, 0.05) is 6.54 Å². The number of carboxylic acid groups (broad SMARTS) is 1. The maximum atomic E-state index is 12.9. The van der Waals surface area contributed by atoms with Gasteiger partial charge < -0.3 is 37.2 Å². The molecular weight excluding hydrogens is 442 g/mol. The molecule has 0 saturated carbocycles. The smallest absolute Gasteiger partial charge is 0.326 e. The highest BCUT2D eigenvalue weighted by atomic mass is 16.4. The fourth-order valence-electron chi connectivity index (χ4n) is 3.93. The van der Waals surface area contributed by atoms with Crippen molar-refractivity contribution in [1.29, 1.82) is 0 Å². The molecule has 11 heteroatoms. The van der Waals surface area contributed by atoms with E-state index in [1.165, 1.54) is 24.0 Å². The van der Waals surface area contributed by atoms with Gasteiger partial charge in [-0.15, -0.1) is 0 Å². The molecular formula is C23H35N5O6. The summed E-state index contributed by atoms with van der Waals surface area (Å²) in [6.07, 6.45) is 2.71. The Morgan fingerprint density at radius 1 is 1.12 bits per heavy atom. The van der Waals surface area contributed by atoms with Crippen LogP contribution in [0.4, 0.5) is 0 Å². The van der Waals surface area contributed by atoms with E-state index in [4.69, 9.17) is 11.5 Å². The molecule has 2 rings (SSSR count). The van der Waals surface area contributed by atoms with E-state index >= 15 is 0 Å². The Morgan fingerprint density at radius 2 is 1.79 bits per heavy atom. The summed E-state index contributed by atoms with van der Waals surface area (Å²) < 4.78 is 0. The number of nitrogens with one attached hydrogen (secondary N) is 2. The Balaban J connectivity index is 2.00. The van der Waals surface area contributed by atoms with Crippen LogP contribution in [0.2, 0.25) is 0 Å². The fraction of sp³-hybridized carbons (Fsp3) is 0.565. The van der Waals surface area contributed by atoms with Crippen molar-refractivity contribution in [3.8, 4) is 5.75 Å². The summed E-state index contributed by atoms with van der Waals surface area (Å²) in [4.78, 5) is 51.0. The van der Waals surface area contributed by atoms with Crippen LogP contribution < -0.4 is 22.1 Å². The minimum atomic E-state index is -1.07. The molecule has 1 heterocycles. The first kappa shape index (κ1) is 27.1. The van der Waals surface area contributed by atoms with Gasteiger partial charge in [0.25, 0.3) is 0 Å². The number of benzene rings is 1. The van der Waals surface area contributed by atoms with E-state index in [2.05, 4.69) is 10.6 Å². The van der Waals surface area contributed by atoms with E-state index in [1.54, 1.807) is 12.1 Å². The lowest BCUT2D eigenvalue weighted by Crippen LogP contribution is -2.56. The monoisotopic (exact) mass is 477 g/mol. The first-order valence-corrected chi connectivity index (χ1v) is 11.5. The molecule has 3 amide bonds. The van der Waals surface area contributed by atoms with Gasteiger partial charge in [-0.25, -0.2) is 4.79 Å². The third-order valence-electron chi connectivity index (χ3n) is 5.86. The first-order valence-electron chi connectivity index (χ1n) is 11.5. The molecule has 1 aromatic carbocycles. The van der Waals surface area contributed by atoms with Crippen molar-refractivity contribution >= 4 is 23.7 Å². The standard InChI is InChI=1S/C23H35N5O6/c1-14(22(32)28-12-4-6-19(28)23(33)34)26-21(31)18(5-2-3-11-24)27-20(30)17(25)13-15-7-9-16(29)10-8-15/h7-10,14,17-19,29H,2-6,11-13,24-25H2,1H3,(H,26,31)(H,27,30)(H,33,34). The molecule has 0 aromatic heterocycles. The number of rotatable bonds is 12. The molecule has 1 fully saturated rings. The van der Waals surface area contributed by atoms with Crippen molar-refractivity contribution in [3.05, 3.63) is 29.8 Å². The maximum Gasteiger partial charge on any atom is 0.326 e. The van der Waals surface area contributed by atoms with Gasteiger partial charge in [0.05, 0.1) is 6.04 Å². The predicted molar refractivity (Wildman–Crippen MR) is 125 cm³/mol. The molecule has 1 saturated heterocycles. The van der Waals surface area contributed by atoms with Crippen LogP contribution >= 0.6 is 0 Å². The Morgan fingerprint density at radius 3 is 2.41 bits per heavy atom. The van der Waals surface area contributed by atoms with Gasteiger partial charge in [-0.05, 0) is 69.7 Å². The minimum Gasteiger partial charge on any atom is -0.508 e. The van der Waals surface area contributed by atoms with Crippen LogP contribution in [0, 0.1) is 0 Å². The molecule has 0 bridgehead atoms. The molecule has 0 aliphatic carbocycles. The highest BCUT2D eigenvalue weighted by Gasteiger charge is 2.36. The number of carboxylic acids is 1. The van der Waals surface area contributed by atoms with Crippen molar-refractivity contribution < 1.29 is 29.4 Å². The zero-order valence-corrected chi connectivity index (χ0v) is 19.4. The SMILES string of the molecule is CC(NC(=O)C(CCCCN)NC(=O)C(N)Cc1ccc(O)cc1)C(=O)N1CCCC1C(=O)O. The van der Waals surface area contributed by atoms with Gasteiger partial charge in [0.2, 0.25) is 17.7 Å². The number of phenolic OH excluding ortho intramolecular Hbond substituents is 1. The van der Waals surface area contributed by atoms with Crippen LogP contribution in [0.3, 0.4) is 0 Å². The molecule has 1 aromatic rings. The molecule has 0 spiro atoms. The Bertz CT molecular complexity index is 862. The van der Waals surface area contributed by atoms with Crippen molar-refractivity contribution in [1.82, 2.24) is 15.5 Å².